The van der Waals surface area contributed by atoms with Gasteiger partial charge < -0.3 is 14.9 Å². The van der Waals surface area contributed by atoms with Gasteiger partial charge in [0.15, 0.2) is 0 Å². The fourth-order valence-corrected chi connectivity index (χ4v) is 1.17. The van der Waals surface area contributed by atoms with Crippen molar-refractivity contribution in [2.24, 2.45) is 0 Å². The molecule has 5 nitrogen and oxygen atoms in total. The first kappa shape index (κ1) is 13.6. The number of anilines is 1. The van der Waals surface area contributed by atoms with Gasteiger partial charge in [0, 0.05) is 12.2 Å². The first-order valence-corrected chi connectivity index (χ1v) is 5.64. The van der Waals surface area contributed by atoms with Crippen molar-refractivity contribution < 1.29 is 14.3 Å². The lowest BCUT2D eigenvalue weighted by Crippen LogP contribution is -2.27. The molecule has 0 spiro atoms. The summed E-state index contributed by atoms with van der Waals surface area (Å²) in [5.41, 5.74) is 6.76. The summed E-state index contributed by atoms with van der Waals surface area (Å²) < 4.78 is 9.80. The summed E-state index contributed by atoms with van der Waals surface area (Å²) in [4.78, 5) is 10.7. The number of alkyl halides is 1. The third kappa shape index (κ3) is 5.42. The Morgan fingerprint density at radius 1 is 1.35 bits per heavy atom. The van der Waals surface area contributed by atoms with Crippen LogP contribution >= 0.6 is 11.6 Å². The molecular weight excluding hydrogens is 244 g/mol. The number of benzene rings is 1. The molecule has 0 fully saturated rings. The Morgan fingerprint density at radius 2 is 2.06 bits per heavy atom. The molecule has 1 rings (SSSR count). The van der Waals surface area contributed by atoms with E-state index in [-0.39, 0.29) is 12.5 Å². The smallest absolute Gasteiger partial charge is 0.320 e. The molecule has 17 heavy (non-hydrogen) atoms. The standard InChI is InChI=1S/C11H15ClN2O3/c1-16-10-4-2-9(3-5-10)14-13-6-7-17-11(15)8-12/h2-5,13-14H,6-8H2,1H3. The number of hydrazine groups is 1. The summed E-state index contributed by atoms with van der Waals surface area (Å²) in [6.07, 6.45) is 0. The average molecular weight is 259 g/mol. The molecule has 94 valence electrons. The van der Waals surface area contributed by atoms with Crippen molar-refractivity contribution >= 4 is 23.3 Å². The molecule has 0 atom stereocenters. The molecule has 0 unspecified atom stereocenters. The quantitative estimate of drug-likeness (QED) is 0.335. The van der Waals surface area contributed by atoms with E-state index < -0.39 is 5.97 Å². The lowest BCUT2D eigenvalue weighted by Gasteiger charge is -2.09. The van der Waals surface area contributed by atoms with E-state index in [2.05, 4.69) is 10.9 Å². The van der Waals surface area contributed by atoms with Gasteiger partial charge in [-0.2, -0.15) is 0 Å². The van der Waals surface area contributed by atoms with Gasteiger partial charge in [0.25, 0.3) is 0 Å². The van der Waals surface area contributed by atoms with Crippen molar-refractivity contribution in [3.8, 4) is 5.75 Å². The number of nitrogens with one attached hydrogen (secondary N) is 2. The summed E-state index contributed by atoms with van der Waals surface area (Å²) in [6, 6.07) is 7.43. The number of hydrogen-bond acceptors (Lipinski definition) is 5. The minimum absolute atomic E-state index is 0.119. The van der Waals surface area contributed by atoms with Crippen LogP contribution in [0.15, 0.2) is 24.3 Å². The number of hydrogen-bond donors (Lipinski definition) is 2. The second kappa shape index (κ2) is 7.76. The Labute approximate surface area is 105 Å². The van der Waals surface area contributed by atoms with Crippen LogP contribution in [-0.4, -0.2) is 32.1 Å². The monoisotopic (exact) mass is 258 g/mol. The Morgan fingerprint density at radius 3 is 2.65 bits per heavy atom. The number of halogens is 1. The number of carbonyl (C=O) groups is 1. The zero-order chi connectivity index (χ0) is 12.5. The zero-order valence-electron chi connectivity index (χ0n) is 9.53. The van der Waals surface area contributed by atoms with E-state index in [0.717, 1.165) is 11.4 Å². The van der Waals surface area contributed by atoms with Crippen molar-refractivity contribution in [3.05, 3.63) is 24.3 Å². The minimum Gasteiger partial charge on any atom is -0.497 e. The molecule has 0 aliphatic carbocycles. The molecule has 0 aromatic heterocycles. The third-order valence-electron chi connectivity index (χ3n) is 1.92. The van der Waals surface area contributed by atoms with E-state index in [9.17, 15) is 4.79 Å². The van der Waals surface area contributed by atoms with Crippen molar-refractivity contribution in [3.63, 3.8) is 0 Å². The summed E-state index contributed by atoms with van der Waals surface area (Å²) in [5.74, 6) is 0.260. The molecule has 0 aliphatic heterocycles. The van der Waals surface area contributed by atoms with Crippen LogP contribution in [-0.2, 0) is 9.53 Å². The minimum atomic E-state index is -0.419. The topological polar surface area (TPSA) is 59.6 Å². The van der Waals surface area contributed by atoms with E-state index >= 15 is 0 Å². The van der Waals surface area contributed by atoms with Crippen LogP contribution < -0.4 is 15.6 Å². The second-order valence-corrected chi connectivity index (χ2v) is 3.40. The number of carbonyl (C=O) groups excluding carboxylic acids is 1. The first-order valence-electron chi connectivity index (χ1n) is 5.11. The Balaban J connectivity index is 2.15. The highest BCUT2D eigenvalue weighted by atomic mass is 35.5. The third-order valence-corrected chi connectivity index (χ3v) is 2.14. The highest BCUT2D eigenvalue weighted by Gasteiger charge is 1.98. The molecule has 1 aromatic rings. The fraction of sp³-hybridized carbons (Fsp3) is 0.364. The highest BCUT2D eigenvalue weighted by molar-refractivity contribution is 6.26. The predicted octanol–water partition coefficient (Wildman–Crippen LogP) is 1.39. The van der Waals surface area contributed by atoms with Gasteiger partial charge in [-0.3, -0.25) is 4.79 Å². The molecule has 0 aliphatic rings. The number of esters is 1. The number of rotatable bonds is 7. The number of ether oxygens (including phenoxy) is 2. The Kier molecular flexibility index (Phi) is 6.21. The van der Waals surface area contributed by atoms with Crippen molar-refractivity contribution in [1.29, 1.82) is 0 Å². The van der Waals surface area contributed by atoms with Crippen LogP contribution in [0.1, 0.15) is 0 Å². The summed E-state index contributed by atoms with van der Waals surface area (Å²) in [6.45, 7) is 0.767. The van der Waals surface area contributed by atoms with E-state index in [0.29, 0.717) is 6.54 Å². The molecule has 1 aromatic carbocycles. The maximum atomic E-state index is 10.7. The van der Waals surface area contributed by atoms with E-state index in [1.807, 2.05) is 24.3 Å². The Hall–Kier alpha value is -1.46. The largest absolute Gasteiger partial charge is 0.497 e. The summed E-state index contributed by atoms with van der Waals surface area (Å²) in [7, 11) is 1.62. The second-order valence-electron chi connectivity index (χ2n) is 3.13. The molecule has 2 N–H and O–H groups in total. The van der Waals surface area contributed by atoms with Gasteiger partial charge >= 0.3 is 5.97 Å². The maximum Gasteiger partial charge on any atom is 0.320 e. The maximum absolute atomic E-state index is 10.7. The summed E-state index contributed by atoms with van der Waals surface area (Å²) >= 11 is 5.27. The van der Waals surface area contributed by atoms with Crippen molar-refractivity contribution in [1.82, 2.24) is 5.43 Å². The molecule has 0 radical (unpaired) electrons. The average Bonchev–Trinajstić information content (AvgIpc) is 2.38. The highest BCUT2D eigenvalue weighted by Crippen LogP contribution is 2.13. The molecule has 6 heteroatoms. The first-order chi connectivity index (χ1) is 8.26. The normalized spacial score (nSPS) is 9.76. The number of methoxy groups -OCH3 is 1. The van der Waals surface area contributed by atoms with Crippen molar-refractivity contribution in [2.45, 2.75) is 0 Å². The van der Waals surface area contributed by atoms with Gasteiger partial charge in [-0.1, -0.05) is 0 Å². The lowest BCUT2D eigenvalue weighted by molar-refractivity contribution is -0.140. The molecule has 0 heterocycles. The van der Waals surface area contributed by atoms with Gasteiger partial charge in [0.1, 0.15) is 18.2 Å². The van der Waals surface area contributed by atoms with Crippen LogP contribution in [0.2, 0.25) is 0 Å². The van der Waals surface area contributed by atoms with Gasteiger partial charge in [-0.25, -0.2) is 5.43 Å². The predicted molar refractivity (Wildman–Crippen MR) is 66.3 cm³/mol. The van der Waals surface area contributed by atoms with E-state index in [4.69, 9.17) is 21.1 Å². The van der Waals surface area contributed by atoms with Crippen molar-refractivity contribution in [2.75, 3.05) is 31.6 Å². The van der Waals surface area contributed by atoms with Gasteiger partial charge in [0.05, 0.1) is 7.11 Å². The van der Waals surface area contributed by atoms with Crippen LogP contribution in [0, 0.1) is 0 Å². The summed E-state index contributed by atoms with van der Waals surface area (Å²) in [5, 5.41) is 0. The molecular formula is C11H15ClN2O3. The van der Waals surface area contributed by atoms with Crippen LogP contribution in [0.4, 0.5) is 5.69 Å². The van der Waals surface area contributed by atoms with E-state index in [1.165, 1.54) is 0 Å². The van der Waals surface area contributed by atoms with Crippen LogP contribution in [0.3, 0.4) is 0 Å². The molecule has 0 saturated heterocycles. The van der Waals surface area contributed by atoms with Crippen LogP contribution in [0.5, 0.6) is 5.75 Å². The SMILES string of the molecule is COc1ccc(NNCCOC(=O)CCl)cc1. The lowest BCUT2D eigenvalue weighted by atomic mass is 10.3. The van der Waals surface area contributed by atoms with Gasteiger partial charge in [-0.15, -0.1) is 11.6 Å². The molecule has 0 saturated carbocycles. The van der Waals surface area contributed by atoms with E-state index in [1.54, 1.807) is 7.11 Å². The fourth-order valence-electron chi connectivity index (χ4n) is 1.09. The molecule has 0 amide bonds. The van der Waals surface area contributed by atoms with Crippen LogP contribution in [0.25, 0.3) is 0 Å². The van der Waals surface area contributed by atoms with Gasteiger partial charge in [0.2, 0.25) is 0 Å². The Bertz CT molecular complexity index is 343. The van der Waals surface area contributed by atoms with Gasteiger partial charge in [-0.05, 0) is 24.3 Å². The molecule has 0 bridgehead atoms. The zero-order valence-corrected chi connectivity index (χ0v) is 10.3.